The summed E-state index contributed by atoms with van der Waals surface area (Å²) in [5, 5.41) is 0. The number of rotatable bonds is 52. The van der Waals surface area contributed by atoms with Gasteiger partial charge in [-0.05, 0) is 89.9 Å². The van der Waals surface area contributed by atoms with Crippen molar-refractivity contribution in [3.05, 3.63) is 85.1 Å². The van der Waals surface area contributed by atoms with Crippen LogP contribution in [0.25, 0.3) is 0 Å². The average Bonchev–Trinajstić information content (AvgIpc) is 3.35. The van der Waals surface area contributed by atoms with Crippen LogP contribution in [0.4, 0.5) is 0 Å². The number of carbonyl (C=O) groups is 3. The van der Waals surface area contributed by atoms with Crippen LogP contribution in [0.1, 0.15) is 278 Å². The lowest BCUT2D eigenvalue weighted by Gasteiger charge is -2.18. The molecule has 0 saturated heterocycles. The van der Waals surface area contributed by atoms with E-state index in [2.05, 4.69) is 106 Å². The molecule has 0 rings (SSSR count). The minimum Gasteiger partial charge on any atom is -0.462 e. The average molecular weight is 962 g/mol. The molecular weight excluding hydrogens is 853 g/mol. The van der Waals surface area contributed by atoms with Crippen LogP contribution in [-0.2, 0) is 28.6 Å². The van der Waals surface area contributed by atoms with E-state index in [1.54, 1.807) is 0 Å². The fourth-order valence-corrected chi connectivity index (χ4v) is 8.04. The van der Waals surface area contributed by atoms with Crippen molar-refractivity contribution in [3.8, 4) is 0 Å². The van der Waals surface area contributed by atoms with Gasteiger partial charge in [0.2, 0.25) is 0 Å². The van der Waals surface area contributed by atoms with Gasteiger partial charge in [0.05, 0.1) is 0 Å². The fraction of sp³-hybridized carbons (Fsp3) is 0.730. The molecule has 0 saturated carbocycles. The molecule has 1 atom stereocenters. The van der Waals surface area contributed by atoms with Crippen LogP contribution < -0.4 is 0 Å². The zero-order valence-electron chi connectivity index (χ0n) is 45.3. The normalized spacial score (nSPS) is 12.7. The lowest BCUT2D eigenvalue weighted by atomic mass is 10.0. The third kappa shape index (κ3) is 55.4. The van der Waals surface area contributed by atoms with Crippen molar-refractivity contribution in [2.45, 2.75) is 284 Å². The summed E-state index contributed by atoms with van der Waals surface area (Å²) in [6, 6.07) is 0. The van der Waals surface area contributed by atoms with Crippen molar-refractivity contribution < 1.29 is 28.6 Å². The number of ether oxygens (including phenoxy) is 3. The van der Waals surface area contributed by atoms with Gasteiger partial charge in [-0.3, -0.25) is 14.4 Å². The maximum absolute atomic E-state index is 12.8. The Morgan fingerprint density at radius 3 is 0.957 bits per heavy atom. The van der Waals surface area contributed by atoms with Crippen LogP contribution in [0, 0.1) is 0 Å². The molecular formula is C63H108O6. The van der Waals surface area contributed by atoms with E-state index >= 15 is 0 Å². The van der Waals surface area contributed by atoms with Crippen LogP contribution in [-0.4, -0.2) is 37.2 Å². The van der Waals surface area contributed by atoms with Crippen molar-refractivity contribution in [2.24, 2.45) is 0 Å². The van der Waals surface area contributed by atoms with Gasteiger partial charge >= 0.3 is 17.9 Å². The molecule has 396 valence electrons. The molecule has 6 heteroatoms. The predicted molar refractivity (Wildman–Crippen MR) is 297 cm³/mol. The molecule has 0 N–H and O–H groups in total. The van der Waals surface area contributed by atoms with E-state index in [1.807, 2.05) is 0 Å². The first-order valence-electron chi connectivity index (χ1n) is 29.1. The zero-order chi connectivity index (χ0) is 50.0. The van der Waals surface area contributed by atoms with Crippen LogP contribution in [0.2, 0.25) is 0 Å². The van der Waals surface area contributed by atoms with Crippen molar-refractivity contribution >= 4 is 17.9 Å². The van der Waals surface area contributed by atoms with Gasteiger partial charge in [-0.1, -0.05) is 254 Å². The molecule has 0 aliphatic rings. The largest absolute Gasteiger partial charge is 0.462 e. The van der Waals surface area contributed by atoms with Gasteiger partial charge in [0, 0.05) is 19.3 Å². The predicted octanol–water partition coefficient (Wildman–Crippen LogP) is 19.5. The van der Waals surface area contributed by atoms with Crippen LogP contribution in [0.5, 0.6) is 0 Å². The highest BCUT2D eigenvalue weighted by Gasteiger charge is 2.19. The van der Waals surface area contributed by atoms with E-state index in [0.717, 1.165) is 83.5 Å². The monoisotopic (exact) mass is 961 g/mol. The molecule has 6 nitrogen and oxygen atoms in total. The van der Waals surface area contributed by atoms with Gasteiger partial charge in [-0.25, -0.2) is 0 Å². The fourth-order valence-electron chi connectivity index (χ4n) is 8.04. The number of carbonyl (C=O) groups excluding carboxylic acids is 3. The van der Waals surface area contributed by atoms with Gasteiger partial charge in [-0.15, -0.1) is 0 Å². The Bertz CT molecular complexity index is 1330. The van der Waals surface area contributed by atoms with Crippen LogP contribution >= 0.6 is 0 Å². The number of hydrogen-bond donors (Lipinski definition) is 0. The van der Waals surface area contributed by atoms with Crippen molar-refractivity contribution in [1.82, 2.24) is 0 Å². The SMILES string of the molecule is CC/C=C\C/C=C\C/C=C\C/C=C\C/C=C\CCCC(=O)O[C@H](COC(=O)CCCCCCCCCCC/C=C\C/C=C\CCCCC)COC(=O)CCCCCCCCCCCCCCCCC. The molecule has 0 aliphatic carbocycles. The first-order chi connectivity index (χ1) is 34.0. The lowest BCUT2D eigenvalue weighted by Crippen LogP contribution is -2.30. The zero-order valence-corrected chi connectivity index (χ0v) is 45.3. The second-order valence-corrected chi connectivity index (χ2v) is 19.2. The van der Waals surface area contributed by atoms with Gasteiger partial charge in [-0.2, -0.15) is 0 Å². The van der Waals surface area contributed by atoms with Gasteiger partial charge in [0.1, 0.15) is 13.2 Å². The third-order valence-electron chi connectivity index (χ3n) is 12.4. The van der Waals surface area contributed by atoms with Gasteiger partial charge in [0.15, 0.2) is 6.10 Å². The van der Waals surface area contributed by atoms with Crippen molar-refractivity contribution in [1.29, 1.82) is 0 Å². The molecule has 0 aliphatic heterocycles. The van der Waals surface area contributed by atoms with Crippen molar-refractivity contribution in [2.75, 3.05) is 13.2 Å². The maximum atomic E-state index is 12.8. The highest BCUT2D eigenvalue weighted by molar-refractivity contribution is 5.71. The smallest absolute Gasteiger partial charge is 0.306 e. The minimum absolute atomic E-state index is 0.0983. The summed E-state index contributed by atoms with van der Waals surface area (Å²) in [5.41, 5.74) is 0. The number of unbranched alkanes of at least 4 members (excludes halogenated alkanes) is 27. The Morgan fingerprint density at radius 1 is 0.304 bits per heavy atom. The summed E-state index contributed by atoms with van der Waals surface area (Å²) in [6.07, 6.45) is 74.3. The Balaban J connectivity index is 4.45. The third-order valence-corrected chi connectivity index (χ3v) is 12.4. The molecule has 0 amide bonds. The molecule has 0 heterocycles. The minimum atomic E-state index is -0.807. The van der Waals surface area contributed by atoms with Gasteiger partial charge in [0.25, 0.3) is 0 Å². The number of allylic oxidation sites excluding steroid dienone is 14. The van der Waals surface area contributed by atoms with Crippen molar-refractivity contribution in [3.63, 3.8) is 0 Å². The Kier molecular flexibility index (Phi) is 54.3. The Hall–Kier alpha value is -3.41. The summed E-state index contributed by atoms with van der Waals surface area (Å²) < 4.78 is 16.8. The summed E-state index contributed by atoms with van der Waals surface area (Å²) in [5.74, 6) is -0.953. The first-order valence-corrected chi connectivity index (χ1v) is 29.1. The van der Waals surface area contributed by atoms with E-state index in [1.165, 1.54) is 148 Å². The second-order valence-electron chi connectivity index (χ2n) is 19.2. The van der Waals surface area contributed by atoms with E-state index in [-0.39, 0.29) is 37.5 Å². The molecule has 0 unspecified atom stereocenters. The summed E-state index contributed by atoms with van der Waals surface area (Å²) >= 11 is 0. The first kappa shape index (κ1) is 65.6. The molecule has 0 aromatic heterocycles. The van der Waals surface area contributed by atoms with Gasteiger partial charge < -0.3 is 14.2 Å². The van der Waals surface area contributed by atoms with E-state index in [0.29, 0.717) is 19.3 Å². The van der Waals surface area contributed by atoms with E-state index < -0.39 is 6.10 Å². The summed E-state index contributed by atoms with van der Waals surface area (Å²) in [7, 11) is 0. The quantitative estimate of drug-likeness (QED) is 0.0262. The highest BCUT2D eigenvalue weighted by atomic mass is 16.6. The molecule has 0 bridgehead atoms. The molecule has 0 aromatic carbocycles. The van der Waals surface area contributed by atoms with Crippen LogP contribution in [0.15, 0.2) is 85.1 Å². The molecule has 0 radical (unpaired) electrons. The second kappa shape index (κ2) is 57.2. The summed E-state index contributed by atoms with van der Waals surface area (Å²) in [4.78, 5) is 38.2. The summed E-state index contributed by atoms with van der Waals surface area (Å²) in [6.45, 7) is 6.47. The Morgan fingerprint density at radius 2 is 0.580 bits per heavy atom. The lowest BCUT2D eigenvalue weighted by molar-refractivity contribution is -0.167. The van der Waals surface area contributed by atoms with E-state index in [9.17, 15) is 14.4 Å². The Labute approximate surface area is 426 Å². The molecule has 0 spiro atoms. The highest BCUT2D eigenvalue weighted by Crippen LogP contribution is 2.16. The number of esters is 3. The maximum Gasteiger partial charge on any atom is 0.306 e. The van der Waals surface area contributed by atoms with Crippen LogP contribution in [0.3, 0.4) is 0 Å². The molecule has 69 heavy (non-hydrogen) atoms. The van der Waals surface area contributed by atoms with E-state index in [4.69, 9.17) is 14.2 Å². The standard InChI is InChI=1S/C63H108O6/c1-4-7-10-13-16-19-22-25-28-30-31-33-35-38-41-44-47-50-53-56-62(65)68-59-60(58-67-61(64)55-52-49-46-43-40-37-34-27-24-21-18-15-12-9-6-3)69-63(66)57-54-51-48-45-42-39-36-32-29-26-23-20-17-14-11-8-5-2/h8,11,16-17,19-20,25-26,28-29,36,39,45,48,60H,4-7,9-10,12-15,18,21-24,27,30-35,37-38,40-44,46-47,49-59H2,1-3H3/b11-8-,19-16-,20-17-,28-25-,29-26-,39-36-,48-45-/t60-/m0/s1. The number of hydrogen-bond acceptors (Lipinski definition) is 6. The molecule has 0 fully saturated rings. The topological polar surface area (TPSA) is 78.9 Å². The molecule has 0 aromatic rings.